The van der Waals surface area contributed by atoms with Gasteiger partial charge >= 0.3 is 0 Å². The molecule has 0 radical (unpaired) electrons. The molecular weight excluding hydrogens is 356 g/mol. The van der Waals surface area contributed by atoms with Crippen LogP contribution < -0.4 is 16.6 Å². The van der Waals surface area contributed by atoms with Gasteiger partial charge in [-0.05, 0) is 25.3 Å². The standard InChI is InChI=1S/C20H26N6O2/c1-2-7-26-14-18(3-4-19(26)27)22-11-15(10-21)16-12-23-20(24-13-16)25-17-5-8-28-9-6-17/h3-4,10-14,17H,2,5-9,21H2,1H3,(H,23,24,25)/b15-10+,22-11?. The van der Waals surface area contributed by atoms with Gasteiger partial charge in [0.05, 0.1) is 5.69 Å². The number of aryl methyl sites for hydroxylation is 1. The summed E-state index contributed by atoms with van der Waals surface area (Å²) in [6, 6.07) is 3.55. The Morgan fingerprint density at radius 2 is 2.11 bits per heavy atom. The van der Waals surface area contributed by atoms with Gasteiger partial charge in [-0.1, -0.05) is 6.92 Å². The Kier molecular flexibility index (Phi) is 6.91. The summed E-state index contributed by atoms with van der Waals surface area (Å²) < 4.78 is 7.01. The predicted octanol–water partition coefficient (Wildman–Crippen LogP) is 2.34. The zero-order chi connectivity index (χ0) is 19.8. The topological polar surface area (TPSA) is 107 Å². The molecule has 1 fully saturated rings. The van der Waals surface area contributed by atoms with Crippen LogP contribution >= 0.6 is 0 Å². The van der Waals surface area contributed by atoms with E-state index < -0.39 is 0 Å². The van der Waals surface area contributed by atoms with Crippen molar-refractivity contribution in [3.63, 3.8) is 0 Å². The zero-order valence-electron chi connectivity index (χ0n) is 16.0. The summed E-state index contributed by atoms with van der Waals surface area (Å²) >= 11 is 0. The maximum atomic E-state index is 11.8. The van der Waals surface area contributed by atoms with Crippen LogP contribution in [0.25, 0.3) is 5.57 Å². The van der Waals surface area contributed by atoms with Crippen molar-refractivity contribution in [1.29, 1.82) is 0 Å². The van der Waals surface area contributed by atoms with Gasteiger partial charge in [-0.3, -0.25) is 9.79 Å². The first-order valence-electron chi connectivity index (χ1n) is 9.52. The van der Waals surface area contributed by atoms with Gasteiger partial charge in [0.25, 0.3) is 5.56 Å². The maximum Gasteiger partial charge on any atom is 0.250 e. The molecule has 2 aromatic heterocycles. The molecule has 148 valence electrons. The van der Waals surface area contributed by atoms with Crippen LogP contribution in [0, 0.1) is 0 Å². The van der Waals surface area contributed by atoms with Crippen LogP contribution in [0.1, 0.15) is 31.7 Å². The van der Waals surface area contributed by atoms with E-state index in [1.165, 1.54) is 12.3 Å². The van der Waals surface area contributed by atoms with Crippen molar-refractivity contribution < 1.29 is 4.74 Å². The quantitative estimate of drug-likeness (QED) is 0.712. The molecule has 0 unspecified atom stereocenters. The lowest BCUT2D eigenvalue weighted by molar-refractivity contribution is 0.0903. The van der Waals surface area contributed by atoms with Crippen LogP contribution in [-0.4, -0.2) is 40.0 Å². The molecule has 0 spiro atoms. The average Bonchev–Trinajstić information content (AvgIpc) is 2.73. The van der Waals surface area contributed by atoms with Gasteiger partial charge in [0, 0.05) is 74.0 Å². The third-order valence-corrected chi connectivity index (χ3v) is 4.50. The highest BCUT2D eigenvalue weighted by molar-refractivity contribution is 6.10. The Labute approximate surface area is 164 Å². The Balaban J connectivity index is 1.68. The fourth-order valence-corrected chi connectivity index (χ4v) is 2.94. The number of rotatable bonds is 7. The average molecular weight is 382 g/mol. The van der Waals surface area contributed by atoms with Crippen molar-refractivity contribution in [2.75, 3.05) is 18.5 Å². The normalized spacial score (nSPS) is 15.8. The van der Waals surface area contributed by atoms with Gasteiger partial charge < -0.3 is 20.4 Å². The predicted molar refractivity (Wildman–Crippen MR) is 111 cm³/mol. The monoisotopic (exact) mass is 382 g/mol. The van der Waals surface area contributed by atoms with Crippen LogP contribution in [0.15, 0.2) is 46.7 Å². The number of allylic oxidation sites excluding steroid dienone is 1. The lowest BCUT2D eigenvalue weighted by Gasteiger charge is -2.22. The first-order valence-corrected chi connectivity index (χ1v) is 9.52. The minimum absolute atomic E-state index is 0.0311. The van der Waals surface area contributed by atoms with Crippen molar-refractivity contribution in [3.05, 3.63) is 52.8 Å². The maximum absolute atomic E-state index is 11.8. The summed E-state index contributed by atoms with van der Waals surface area (Å²) in [5.74, 6) is 0.593. The molecule has 3 N–H and O–H groups in total. The Morgan fingerprint density at radius 1 is 1.36 bits per heavy atom. The summed E-state index contributed by atoms with van der Waals surface area (Å²) in [4.78, 5) is 25.0. The Bertz CT molecular complexity index is 882. The number of anilines is 1. The van der Waals surface area contributed by atoms with Crippen LogP contribution in [0.2, 0.25) is 0 Å². The van der Waals surface area contributed by atoms with Crippen LogP contribution in [0.5, 0.6) is 0 Å². The van der Waals surface area contributed by atoms with Gasteiger partial charge in [-0.2, -0.15) is 0 Å². The number of ether oxygens (including phenoxy) is 1. The van der Waals surface area contributed by atoms with E-state index >= 15 is 0 Å². The first-order chi connectivity index (χ1) is 13.7. The SMILES string of the molecule is CCCn1cc(N=C/C(=C\N)c2cnc(NC3CCOCC3)nc2)ccc1=O. The molecule has 0 atom stereocenters. The van der Waals surface area contributed by atoms with E-state index in [0.29, 0.717) is 29.8 Å². The third kappa shape index (κ3) is 5.26. The van der Waals surface area contributed by atoms with Gasteiger partial charge in [-0.15, -0.1) is 0 Å². The van der Waals surface area contributed by atoms with Crippen molar-refractivity contribution >= 4 is 23.4 Å². The second kappa shape index (κ2) is 9.80. The van der Waals surface area contributed by atoms with E-state index in [0.717, 1.165) is 38.0 Å². The highest BCUT2D eigenvalue weighted by Crippen LogP contribution is 2.16. The molecule has 0 aliphatic carbocycles. The van der Waals surface area contributed by atoms with Gasteiger partial charge in [0.15, 0.2) is 0 Å². The van der Waals surface area contributed by atoms with Crippen molar-refractivity contribution in [3.8, 4) is 0 Å². The van der Waals surface area contributed by atoms with E-state index in [1.807, 2.05) is 6.92 Å². The smallest absolute Gasteiger partial charge is 0.250 e. The number of nitrogens with two attached hydrogens (primary N) is 1. The molecule has 28 heavy (non-hydrogen) atoms. The highest BCUT2D eigenvalue weighted by Gasteiger charge is 2.14. The van der Waals surface area contributed by atoms with Crippen molar-refractivity contribution in [1.82, 2.24) is 14.5 Å². The largest absolute Gasteiger partial charge is 0.404 e. The molecule has 0 saturated carbocycles. The lowest BCUT2D eigenvalue weighted by Crippen LogP contribution is -2.28. The van der Waals surface area contributed by atoms with Gasteiger partial charge in [0.1, 0.15) is 0 Å². The molecule has 2 aromatic rings. The zero-order valence-corrected chi connectivity index (χ0v) is 16.0. The fraction of sp³-hybridized carbons (Fsp3) is 0.400. The summed E-state index contributed by atoms with van der Waals surface area (Å²) in [6.07, 6.45) is 11.1. The number of aliphatic imine (C=N–C) groups is 1. The molecule has 3 heterocycles. The number of pyridine rings is 1. The summed E-state index contributed by atoms with van der Waals surface area (Å²) in [5, 5.41) is 3.33. The molecule has 1 aliphatic heterocycles. The van der Waals surface area contributed by atoms with Gasteiger partial charge in [-0.25, -0.2) is 9.97 Å². The number of nitrogens with zero attached hydrogens (tertiary/aromatic N) is 4. The van der Waals surface area contributed by atoms with Crippen LogP contribution in [-0.2, 0) is 11.3 Å². The molecule has 0 bridgehead atoms. The van der Waals surface area contributed by atoms with Gasteiger partial charge in [0.2, 0.25) is 5.95 Å². The highest BCUT2D eigenvalue weighted by atomic mass is 16.5. The van der Waals surface area contributed by atoms with Crippen LogP contribution in [0.3, 0.4) is 0 Å². The molecular formula is C20H26N6O2. The second-order valence-corrected chi connectivity index (χ2v) is 6.63. The van der Waals surface area contributed by atoms with E-state index in [9.17, 15) is 4.79 Å². The summed E-state index contributed by atoms with van der Waals surface area (Å²) in [5.41, 5.74) is 7.89. The Hall–Kier alpha value is -3.00. The molecule has 8 heteroatoms. The molecule has 3 rings (SSSR count). The molecule has 0 amide bonds. The van der Waals surface area contributed by atoms with E-state index in [2.05, 4.69) is 20.3 Å². The first kappa shape index (κ1) is 19.8. The molecule has 8 nitrogen and oxygen atoms in total. The summed E-state index contributed by atoms with van der Waals surface area (Å²) in [7, 11) is 0. The number of nitrogens with one attached hydrogen (secondary N) is 1. The number of aromatic nitrogens is 3. The van der Waals surface area contributed by atoms with Crippen LogP contribution in [0.4, 0.5) is 11.6 Å². The molecule has 0 aromatic carbocycles. The van der Waals surface area contributed by atoms with Crippen molar-refractivity contribution in [2.24, 2.45) is 10.7 Å². The van der Waals surface area contributed by atoms with E-state index in [1.54, 1.807) is 35.4 Å². The minimum atomic E-state index is -0.0311. The summed E-state index contributed by atoms with van der Waals surface area (Å²) in [6.45, 7) is 4.21. The molecule has 1 saturated heterocycles. The fourth-order valence-electron chi connectivity index (χ4n) is 2.94. The minimum Gasteiger partial charge on any atom is -0.404 e. The number of hydrogen-bond acceptors (Lipinski definition) is 7. The third-order valence-electron chi connectivity index (χ3n) is 4.50. The molecule has 1 aliphatic rings. The lowest BCUT2D eigenvalue weighted by atomic mass is 10.1. The Morgan fingerprint density at radius 3 is 2.79 bits per heavy atom. The van der Waals surface area contributed by atoms with Crippen molar-refractivity contribution in [2.45, 2.75) is 38.8 Å². The van der Waals surface area contributed by atoms with E-state index in [-0.39, 0.29) is 5.56 Å². The second-order valence-electron chi connectivity index (χ2n) is 6.63. The number of hydrogen-bond donors (Lipinski definition) is 2. The van der Waals surface area contributed by atoms with E-state index in [4.69, 9.17) is 10.5 Å².